The van der Waals surface area contributed by atoms with Crippen LogP contribution < -0.4 is 16.0 Å². The number of hydrogen-bond donors (Lipinski definition) is 5. The molecule has 1 saturated carbocycles. The molecule has 0 aromatic heterocycles. The Morgan fingerprint density at radius 3 is 2.29 bits per heavy atom. The standard InChI is InChI=1S/C28H33N3O7/c1-15-23(33)20(14-17-8-4-3-5-9-17)30-26(35)22(31-25(34)19-10-6-7-11-21(19)32)16(2)29-27(36)24(18-12-13-18)38-28(15)37/h3-11,15-16,18,20,22-24,32-33H,12-14H2,1-2H3,(H,29,36)(H,30,35)(H,31,34)/t15-,16-,20+,22+,23+,24?/m1/s1. The van der Waals surface area contributed by atoms with E-state index in [1.807, 2.05) is 30.3 Å². The van der Waals surface area contributed by atoms with E-state index in [4.69, 9.17) is 4.74 Å². The minimum Gasteiger partial charge on any atom is -0.507 e. The maximum Gasteiger partial charge on any atom is 0.312 e. The summed E-state index contributed by atoms with van der Waals surface area (Å²) in [6.07, 6.45) is -0.774. The molecular weight excluding hydrogens is 490 g/mol. The van der Waals surface area contributed by atoms with E-state index in [-0.39, 0.29) is 23.7 Å². The first-order valence-electron chi connectivity index (χ1n) is 12.8. The second-order valence-electron chi connectivity index (χ2n) is 10.0. The number of hydrogen-bond acceptors (Lipinski definition) is 7. The van der Waals surface area contributed by atoms with Gasteiger partial charge in [-0.15, -0.1) is 0 Å². The quantitative estimate of drug-likeness (QED) is 0.367. The molecule has 1 aliphatic carbocycles. The predicted octanol–water partition coefficient (Wildman–Crippen LogP) is 1.06. The molecule has 38 heavy (non-hydrogen) atoms. The average Bonchev–Trinajstić information content (AvgIpc) is 3.74. The number of esters is 1. The van der Waals surface area contributed by atoms with Crippen LogP contribution in [-0.4, -0.2) is 64.2 Å². The summed E-state index contributed by atoms with van der Waals surface area (Å²) in [6.45, 7) is 3.04. The molecule has 1 heterocycles. The predicted molar refractivity (Wildman–Crippen MR) is 137 cm³/mol. The van der Waals surface area contributed by atoms with Crippen molar-refractivity contribution in [2.45, 2.75) is 63.4 Å². The van der Waals surface area contributed by atoms with Crippen LogP contribution in [0.15, 0.2) is 54.6 Å². The van der Waals surface area contributed by atoms with E-state index in [1.54, 1.807) is 19.1 Å². The minimum atomic E-state index is -1.33. The van der Waals surface area contributed by atoms with Gasteiger partial charge < -0.3 is 30.9 Å². The first kappa shape index (κ1) is 27.1. The summed E-state index contributed by atoms with van der Waals surface area (Å²) in [4.78, 5) is 52.6. The van der Waals surface area contributed by atoms with Crippen molar-refractivity contribution in [1.82, 2.24) is 16.0 Å². The van der Waals surface area contributed by atoms with Gasteiger partial charge in [0.05, 0.1) is 29.7 Å². The molecule has 0 bridgehead atoms. The molecule has 10 heteroatoms. The lowest BCUT2D eigenvalue weighted by Gasteiger charge is -2.33. The van der Waals surface area contributed by atoms with Crippen molar-refractivity contribution < 1.29 is 34.1 Å². The third-order valence-electron chi connectivity index (χ3n) is 7.06. The number of ether oxygens (including phenoxy) is 1. The number of carbonyl (C=O) groups is 4. The van der Waals surface area contributed by atoms with Crippen molar-refractivity contribution >= 4 is 23.7 Å². The number of para-hydroxylation sites is 1. The number of carbonyl (C=O) groups excluding carboxylic acids is 4. The highest BCUT2D eigenvalue weighted by molar-refractivity contribution is 6.00. The van der Waals surface area contributed by atoms with E-state index in [1.165, 1.54) is 19.1 Å². The van der Waals surface area contributed by atoms with Gasteiger partial charge in [0.2, 0.25) is 5.91 Å². The highest BCUT2D eigenvalue weighted by Crippen LogP contribution is 2.35. The molecule has 5 N–H and O–H groups in total. The maximum absolute atomic E-state index is 13.6. The summed E-state index contributed by atoms with van der Waals surface area (Å²) in [5.74, 6) is -4.13. The number of benzene rings is 2. The zero-order chi connectivity index (χ0) is 27.4. The number of nitrogens with one attached hydrogen (secondary N) is 3. The van der Waals surface area contributed by atoms with Crippen LogP contribution in [0.1, 0.15) is 42.6 Å². The Morgan fingerprint density at radius 2 is 1.63 bits per heavy atom. The lowest BCUT2D eigenvalue weighted by molar-refractivity contribution is -0.165. The Kier molecular flexibility index (Phi) is 8.31. The van der Waals surface area contributed by atoms with Crippen LogP contribution >= 0.6 is 0 Å². The number of aliphatic hydroxyl groups is 1. The molecule has 1 aliphatic heterocycles. The zero-order valence-corrected chi connectivity index (χ0v) is 21.3. The van der Waals surface area contributed by atoms with E-state index in [0.29, 0.717) is 12.8 Å². The SMILES string of the molecule is C[C@H]1NC(=O)C(C2CC2)OC(=O)[C@H](C)[C@H](O)[C@H](Cc2ccccc2)NC(=O)[C@H]1NC(=O)c1ccccc1O. The van der Waals surface area contributed by atoms with Crippen LogP contribution in [0.25, 0.3) is 0 Å². The number of cyclic esters (lactones) is 1. The fraction of sp³-hybridized carbons (Fsp3) is 0.429. The highest BCUT2D eigenvalue weighted by atomic mass is 16.6. The molecule has 4 rings (SSSR count). The summed E-state index contributed by atoms with van der Waals surface area (Å²) in [6, 6.07) is 12.0. The van der Waals surface area contributed by atoms with Crippen molar-refractivity contribution in [3.05, 3.63) is 65.7 Å². The first-order chi connectivity index (χ1) is 18.2. The number of rotatable bonds is 5. The van der Waals surface area contributed by atoms with Gasteiger partial charge in [-0.25, -0.2) is 0 Å². The van der Waals surface area contributed by atoms with Gasteiger partial charge in [-0.05, 0) is 50.8 Å². The molecule has 6 atom stereocenters. The number of amides is 3. The summed E-state index contributed by atoms with van der Waals surface area (Å²) >= 11 is 0. The van der Waals surface area contributed by atoms with Gasteiger partial charge in [0.1, 0.15) is 11.8 Å². The normalized spacial score (nSPS) is 28.7. The van der Waals surface area contributed by atoms with E-state index in [9.17, 15) is 29.4 Å². The van der Waals surface area contributed by atoms with E-state index >= 15 is 0 Å². The molecule has 1 unspecified atom stereocenters. The van der Waals surface area contributed by atoms with Crippen LogP contribution in [0.2, 0.25) is 0 Å². The third kappa shape index (κ3) is 6.31. The molecule has 202 valence electrons. The van der Waals surface area contributed by atoms with Gasteiger partial charge in [0.15, 0.2) is 6.10 Å². The van der Waals surface area contributed by atoms with Crippen molar-refractivity contribution in [3.8, 4) is 5.75 Å². The van der Waals surface area contributed by atoms with Crippen molar-refractivity contribution in [1.29, 1.82) is 0 Å². The average molecular weight is 524 g/mol. The highest BCUT2D eigenvalue weighted by Gasteiger charge is 2.44. The smallest absolute Gasteiger partial charge is 0.312 e. The monoisotopic (exact) mass is 523 g/mol. The fourth-order valence-electron chi connectivity index (χ4n) is 4.57. The summed E-state index contributed by atoms with van der Waals surface area (Å²) < 4.78 is 5.57. The molecule has 3 amide bonds. The van der Waals surface area contributed by atoms with Gasteiger partial charge in [0.25, 0.3) is 11.8 Å². The van der Waals surface area contributed by atoms with Gasteiger partial charge >= 0.3 is 5.97 Å². The summed E-state index contributed by atoms with van der Waals surface area (Å²) in [7, 11) is 0. The van der Waals surface area contributed by atoms with Crippen molar-refractivity contribution in [2.24, 2.45) is 11.8 Å². The Bertz CT molecular complexity index is 1180. The Morgan fingerprint density at radius 1 is 0.974 bits per heavy atom. The van der Waals surface area contributed by atoms with E-state index in [0.717, 1.165) is 5.56 Å². The van der Waals surface area contributed by atoms with Crippen LogP contribution in [0.5, 0.6) is 5.75 Å². The summed E-state index contributed by atoms with van der Waals surface area (Å²) in [5, 5.41) is 29.4. The second-order valence-corrected chi connectivity index (χ2v) is 10.0. The lowest BCUT2D eigenvalue weighted by Crippen LogP contribution is -2.62. The second kappa shape index (κ2) is 11.6. The van der Waals surface area contributed by atoms with Crippen LogP contribution in [0.3, 0.4) is 0 Å². The van der Waals surface area contributed by atoms with Gasteiger partial charge in [-0.1, -0.05) is 42.5 Å². The molecule has 2 aromatic carbocycles. The van der Waals surface area contributed by atoms with Crippen molar-refractivity contribution in [2.75, 3.05) is 0 Å². The zero-order valence-electron chi connectivity index (χ0n) is 21.3. The molecular formula is C28H33N3O7. The van der Waals surface area contributed by atoms with Crippen LogP contribution in [0.4, 0.5) is 0 Å². The molecule has 0 spiro atoms. The number of aromatic hydroxyl groups is 1. The molecule has 10 nitrogen and oxygen atoms in total. The van der Waals surface area contributed by atoms with E-state index in [2.05, 4.69) is 16.0 Å². The topological polar surface area (TPSA) is 154 Å². The summed E-state index contributed by atoms with van der Waals surface area (Å²) in [5.41, 5.74) is 0.778. The van der Waals surface area contributed by atoms with E-state index < -0.39 is 59.9 Å². The molecule has 2 aliphatic rings. The number of phenolic OH excluding ortho intramolecular Hbond substituents is 1. The Labute approximate surface area is 220 Å². The Hall–Kier alpha value is -3.92. The number of phenols is 1. The molecule has 2 fully saturated rings. The molecule has 2 aromatic rings. The van der Waals surface area contributed by atoms with Gasteiger partial charge in [-0.3, -0.25) is 19.2 Å². The lowest BCUT2D eigenvalue weighted by atomic mass is 9.92. The largest absolute Gasteiger partial charge is 0.507 e. The number of aliphatic hydroxyl groups excluding tert-OH is 1. The fourth-order valence-corrected chi connectivity index (χ4v) is 4.57. The van der Waals surface area contributed by atoms with Crippen LogP contribution in [0, 0.1) is 11.8 Å². The molecule has 1 saturated heterocycles. The first-order valence-corrected chi connectivity index (χ1v) is 12.8. The van der Waals surface area contributed by atoms with Gasteiger partial charge in [-0.2, -0.15) is 0 Å². The Balaban J connectivity index is 1.66. The minimum absolute atomic E-state index is 0.0378. The van der Waals surface area contributed by atoms with Crippen molar-refractivity contribution in [3.63, 3.8) is 0 Å². The van der Waals surface area contributed by atoms with Gasteiger partial charge in [0, 0.05) is 5.92 Å². The maximum atomic E-state index is 13.6. The third-order valence-corrected chi connectivity index (χ3v) is 7.06. The van der Waals surface area contributed by atoms with Crippen LogP contribution in [-0.2, 0) is 25.5 Å². The molecule has 0 radical (unpaired) electrons.